The molecular weight excluding hydrogens is 476 g/mol. The third-order valence-electron chi connectivity index (χ3n) is 3.99. The Kier molecular flexibility index (Phi) is 8.14. The van der Waals surface area contributed by atoms with Crippen LogP contribution in [0.2, 0.25) is 5.02 Å². The second kappa shape index (κ2) is 11.0. The van der Waals surface area contributed by atoms with E-state index >= 15 is 0 Å². The van der Waals surface area contributed by atoms with Crippen molar-refractivity contribution < 1.29 is 23.8 Å². The third kappa shape index (κ3) is 6.02. The number of anilines is 2. The number of aromatic nitrogens is 2. The summed E-state index contributed by atoms with van der Waals surface area (Å²) in [5, 5.41) is 14.2. The summed E-state index contributed by atoms with van der Waals surface area (Å²) in [7, 11) is 4.42. The Morgan fingerprint density at radius 3 is 2.38 bits per heavy atom. The monoisotopic (exact) mass is 494 g/mol. The number of carbonyl (C=O) groups is 2. The van der Waals surface area contributed by atoms with Crippen LogP contribution in [0.5, 0.6) is 17.2 Å². The first kappa shape index (κ1) is 23.6. The fourth-order valence-corrected chi connectivity index (χ4v) is 4.33. The fraction of sp³-hybridized carbons (Fsp3) is 0.200. The standard InChI is InChI=1S/C20H19ClN4O5S2/c1-28-14-7-11(8-15(29-2)17(14)30-3)18(27)23-19-24-25-20(32-19)31-10-16(26)22-13-6-4-5-12(21)9-13/h4-9H,10H2,1-3H3,(H,22,26)(H,23,24,27). The largest absolute Gasteiger partial charge is 0.493 e. The highest BCUT2D eigenvalue weighted by atomic mass is 35.5. The number of ether oxygens (including phenoxy) is 3. The Hall–Kier alpha value is -3.02. The van der Waals surface area contributed by atoms with E-state index in [2.05, 4.69) is 20.8 Å². The Bertz CT molecular complexity index is 1100. The van der Waals surface area contributed by atoms with E-state index in [9.17, 15) is 9.59 Å². The van der Waals surface area contributed by atoms with Gasteiger partial charge in [0, 0.05) is 16.3 Å². The second-order valence-corrected chi connectivity index (χ2v) is 8.72. The molecule has 0 fully saturated rings. The maximum absolute atomic E-state index is 12.7. The van der Waals surface area contributed by atoms with Gasteiger partial charge in [0.2, 0.25) is 16.8 Å². The number of amides is 2. The molecule has 9 nitrogen and oxygen atoms in total. The molecule has 2 amide bonds. The van der Waals surface area contributed by atoms with Crippen molar-refractivity contribution in [1.29, 1.82) is 0 Å². The van der Waals surface area contributed by atoms with E-state index < -0.39 is 5.91 Å². The third-order valence-corrected chi connectivity index (χ3v) is 6.20. The molecule has 0 aliphatic heterocycles. The van der Waals surface area contributed by atoms with Crippen LogP contribution in [0, 0.1) is 0 Å². The van der Waals surface area contributed by atoms with Gasteiger partial charge in [0.15, 0.2) is 15.8 Å². The van der Waals surface area contributed by atoms with Crippen LogP contribution in [-0.2, 0) is 4.79 Å². The molecule has 1 heterocycles. The zero-order valence-electron chi connectivity index (χ0n) is 17.3. The molecule has 168 valence electrons. The molecule has 2 N–H and O–H groups in total. The highest BCUT2D eigenvalue weighted by Crippen LogP contribution is 2.38. The Labute approximate surface area is 197 Å². The van der Waals surface area contributed by atoms with Gasteiger partial charge in [-0.2, -0.15) is 0 Å². The van der Waals surface area contributed by atoms with Gasteiger partial charge in [0.05, 0.1) is 27.1 Å². The van der Waals surface area contributed by atoms with Crippen molar-refractivity contribution in [1.82, 2.24) is 10.2 Å². The summed E-state index contributed by atoms with van der Waals surface area (Å²) in [4.78, 5) is 24.8. The highest BCUT2D eigenvalue weighted by Gasteiger charge is 2.18. The number of carbonyl (C=O) groups excluding carboxylic acids is 2. The average molecular weight is 495 g/mol. The Balaban J connectivity index is 1.60. The molecule has 32 heavy (non-hydrogen) atoms. The smallest absolute Gasteiger partial charge is 0.257 e. The van der Waals surface area contributed by atoms with E-state index in [4.69, 9.17) is 25.8 Å². The summed E-state index contributed by atoms with van der Waals surface area (Å²) in [5.74, 6) is 0.595. The summed E-state index contributed by atoms with van der Waals surface area (Å²) >= 11 is 8.27. The molecule has 0 unspecified atom stereocenters. The number of rotatable bonds is 9. The van der Waals surface area contributed by atoms with Gasteiger partial charge < -0.3 is 19.5 Å². The van der Waals surface area contributed by atoms with Crippen molar-refractivity contribution in [3.63, 3.8) is 0 Å². The van der Waals surface area contributed by atoms with Crippen LogP contribution < -0.4 is 24.8 Å². The second-order valence-electron chi connectivity index (χ2n) is 6.09. The fourth-order valence-electron chi connectivity index (χ4n) is 2.59. The van der Waals surface area contributed by atoms with Gasteiger partial charge >= 0.3 is 0 Å². The number of thioether (sulfide) groups is 1. The van der Waals surface area contributed by atoms with Crippen molar-refractivity contribution in [2.75, 3.05) is 37.7 Å². The van der Waals surface area contributed by atoms with Gasteiger partial charge in [-0.25, -0.2) is 0 Å². The predicted molar refractivity (Wildman–Crippen MR) is 125 cm³/mol. The topological polar surface area (TPSA) is 112 Å². The lowest BCUT2D eigenvalue weighted by atomic mass is 10.1. The van der Waals surface area contributed by atoms with Gasteiger partial charge in [-0.15, -0.1) is 10.2 Å². The van der Waals surface area contributed by atoms with Crippen molar-refractivity contribution in [2.24, 2.45) is 0 Å². The number of methoxy groups -OCH3 is 3. The molecular formula is C20H19ClN4O5S2. The van der Waals surface area contributed by atoms with Crippen LogP contribution in [0.25, 0.3) is 0 Å². The van der Waals surface area contributed by atoms with Gasteiger partial charge in [0.1, 0.15) is 0 Å². The van der Waals surface area contributed by atoms with Gasteiger partial charge in [-0.05, 0) is 30.3 Å². The number of benzene rings is 2. The molecule has 12 heteroatoms. The molecule has 0 saturated carbocycles. The van der Waals surface area contributed by atoms with Crippen molar-refractivity contribution in [3.8, 4) is 17.2 Å². The number of nitrogens with zero attached hydrogens (tertiary/aromatic N) is 2. The molecule has 0 radical (unpaired) electrons. The predicted octanol–water partition coefficient (Wildman–Crippen LogP) is 4.20. The minimum atomic E-state index is -0.421. The first-order chi connectivity index (χ1) is 15.4. The van der Waals surface area contributed by atoms with Crippen LogP contribution in [0.15, 0.2) is 40.7 Å². The number of nitrogens with one attached hydrogen (secondary N) is 2. The molecule has 2 aromatic carbocycles. The summed E-state index contributed by atoms with van der Waals surface area (Å²) in [6.45, 7) is 0. The number of hydrogen-bond acceptors (Lipinski definition) is 9. The van der Waals surface area contributed by atoms with Crippen LogP contribution in [0.1, 0.15) is 10.4 Å². The zero-order valence-corrected chi connectivity index (χ0v) is 19.7. The van der Waals surface area contributed by atoms with E-state index in [1.165, 1.54) is 45.2 Å². The lowest BCUT2D eigenvalue weighted by molar-refractivity contribution is -0.113. The maximum atomic E-state index is 12.7. The normalized spacial score (nSPS) is 10.4. The Morgan fingerprint density at radius 1 is 1.03 bits per heavy atom. The van der Waals surface area contributed by atoms with E-state index in [0.29, 0.717) is 43.0 Å². The lowest BCUT2D eigenvalue weighted by Crippen LogP contribution is -2.13. The maximum Gasteiger partial charge on any atom is 0.257 e. The van der Waals surface area contributed by atoms with Crippen LogP contribution in [0.4, 0.5) is 10.8 Å². The number of halogens is 1. The van der Waals surface area contributed by atoms with Crippen LogP contribution >= 0.6 is 34.7 Å². The molecule has 0 saturated heterocycles. The molecule has 3 rings (SSSR count). The quantitative estimate of drug-likeness (QED) is 0.336. The lowest BCUT2D eigenvalue weighted by Gasteiger charge is -2.13. The van der Waals surface area contributed by atoms with Crippen LogP contribution in [0.3, 0.4) is 0 Å². The SMILES string of the molecule is COc1cc(C(=O)Nc2nnc(SCC(=O)Nc3cccc(Cl)c3)s2)cc(OC)c1OC. The first-order valence-electron chi connectivity index (χ1n) is 9.06. The highest BCUT2D eigenvalue weighted by molar-refractivity contribution is 8.01. The molecule has 1 aromatic heterocycles. The van der Waals surface area contributed by atoms with Crippen molar-refractivity contribution in [2.45, 2.75) is 4.34 Å². The van der Waals surface area contributed by atoms with E-state index in [-0.39, 0.29) is 11.7 Å². The molecule has 0 aliphatic carbocycles. The molecule has 0 spiro atoms. The summed E-state index contributed by atoms with van der Waals surface area (Å²) < 4.78 is 16.3. The molecule has 0 aliphatic rings. The molecule has 0 bridgehead atoms. The Morgan fingerprint density at radius 2 is 1.75 bits per heavy atom. The van der Waals surface area contributed by atoms with Crippen LogP contribution in [-0.4, -0.2) is 49.1 Å². The minimum absolute atomic E-state index is 0.127. The minimum Gasteiger partial charge on any atom is -0.493 e. The van der Waals surface area contributed by atoms with E-state index in [1.54, 1.807) is 24.3 Å². The van der Waals surface area contributed by atoms with E-state index in [0.717, 1.165) is 11.3 Å². The van der Waals surface area contributed by atoms with E-state index in [1.807, 2.05) is 0 Å². The first-order valence-corrected chi connectivity index (χ1v) is 11.2. The zero-order chi connectivity index (χ0) is 23.1. The van der Waals surface area contributed by atoms with Crippen molar-refractivity contribution >= 4 is 57.3 Å². The number of hydrogen-bond donors (Lipinski definition) is 2. The molecule has 0 atom stereocenters. The van der Waals surface area contributed by atoms with Gasteiger partial charge in [0.25, 0.3) is 5.91 Å². The van der Waals surface area contributed by atoms with Crippen molar-refractivity contribution in [3.05, 3.63) is 47.0 Å². The summed E-state index contributed by atoms with van der Waals surface area (Å²) in [6.07, 6.45) is 0. The van der Waals surface area contributed by atoms with Gasteiger partial charge in [-0.3, -0.25) is 14.9 Å². The summed E-state index contributed by atoms with van der Waals surface area (Å²) in [6, 6.07) is 9.95. The average Bonchev–Trinajstić information content (AvgIpc) is 3.23. The summed E-state index contributed by atoms with van der Waals surface area (Å²) in [5.41, 5.74) is 0.906. The van der Waals surface area contributed by atoms with Gasteiger partial charge in [-0.1, -0.05) is 40.8 Å². The molecule has 3 aromatic rings.